The molecular weight excluding hydrogens is 374 g/mol. The van der Waals surface area contributed by atoms with Crippen LogP contribution in [-0.4, -0.2) is 14.5 Å². The maximum Gasteiger partial charge on any atom is 0.145 e. The summed E-state index contributed by atoms with van der Waals surface area (Å²) in [5, 5.41) is 1.07. The van der Waals surface area contributed by atoms with Crippen molar-refractivity contribution in [1.29, 1.82) is 0 Å². The third-order valence-corrected chi connectivity index (χ3v) is 6.26. The highest BCUT2D eigenvalue weighted by molar-refractivity contribution is 7.19. The summed E-state index contributed by atoms with van der Waals surface area (Å²) < 4.78 is 3.40. The van der Waals surface area contributed by atoms with Crippen LogP contribution in [0.2, 0.25) is 0 Å². The van der Waals surface area contributed by atoms with Gasteiger partial charge in [0.05, 0.1) is 20.9 Å². The van der Waals surface area contributed by atoms with Gasteiger partial charge in [0.15, 0.2) is 0 Å². The molecule has 3 nitrogen and oxygen atoms in total. The van der Waals surface area contributed by atoms with Gasteiger partial charge in [-0.1, -0.05) is 36.4 Å². The summed E-state index contributed by atoms with van der Waals surface area (Å²) >= 11 is 1.72. The second kappa shape index (κ2) is 6.98. The van der Waals surface area contributed by atoms with Gasteiger partial charge in [-0.05, 0) is 67.3 Å². The summed E-state index contributed by atoms with van der Waals surface area (Å²) in [5.41, 5.74) is 8.30. The van der Waals surface area contributed by atoms with Gasteiger partial charge in [0.2, 0.25) is 0 Å². The van der Waals surface area contributed by atoms with Crippen molar-refractivity contribution in [2.45, 2.75) is 20.8 Å². The Bertz CT molecular complexity index is 1310. The van der Waals surface area contributed by atoms with E-state index < -0.39 is 0 Å². The van der Waals surface area contributed by atoms with Crippen LogP contribution in [0.4, 0.5) is 0 Å². The Morgan fingerprint density at radius 2 is 1.59 bits per heavy atom. The lowest BCUT2D eigenvalue weighted by Crippen LogP contribution is -2.02. The number of aromatic nitrogens is 3. The molecule has 0 unspecified atom stereocenters. The summed E-state index contributed by atoms with van der Waals surface area (Å²) in [6.07, 6.45) is 3.94. The van der Waals surface area contributed by atoms with E-state index >= 15 is 0 Å². The second-order valence-electron chi connectivity index (χ2n) is 7.33. The minimum atomic E-state index is 0.956. The molecule has 4 heteroatoms. The Hall–Kier alpha value is -3.24. The van der Waals surface area contributed by atoms with Crippen molar-refractivity contribution in [3.63, 3.8) is 0 Å². The number of hydrogen-bond donors (Lipinski definition) is 0. The van der Waals surface area contributed by atoms with E-state index in [4.69, 9.17) is 4.98 Å². The summed E-state index contributed by atoms with van der Waals surface area (Å²) in [6, 6.07) is 21.3. The van der Waals surface area contributed by atoms with E-state index in [1.54, 1.807) is 11.3 Å². The molecule has 0 saturated carbocycles. The summed E-state index contributed by atoms with van der Waals surface area (Å²) in [5.74, 6) is 0.956. The molecular formula is C25H21N3S. The first kappa shape index (κ1) is 17.8. The predicted molar refractivity (Wildman–Crippen MR) is 122 cm³/mol. The van der Waals surface area contributed by atoms with Gasteiger partial charge >= 0.3 is 0 Å². The molecule has 142 valence electrons. The van der Waals surface area contributed by atoms with Crippen LogP contribution in [0, 0.1) is 20.8 Å². The van der Waals surface area contributed by atoms with E-state index in [0.29, 0.717) is 0 Å². The fraction of sp³-hybridized carbons (Fsp3) is 0.120. The van der Waals surface area contributed by atoms with Crippen LogP contribution in [0.1, 0.15) is 16.1 Å². The molecule has 0 atom stereocenters. The zero-order valence-electron chi connectivity index (χ0n) is 16.7. The van der Waals surface area contributed by atoms with Gasteiger partial charge in [0, 0.05) is 18.0 Å². The highest BCUT2D eigenvalue weighted by Gasteiger charge is 2.16. The third kappa shape index (κ3) is 3.06. The van der Waals surface area contributed by atoms with Gasteiger partial charge in [-0.15, -0.1) is 11.3 Å². The lowest BCUT2D eigenvalue weighted by Gasteiger charge is -2.16. The van der Waals surface area contributed by atoms with E-state index in [1.165, 1.54) is 32.6 Å². The van der Waals surface area contributed by atoms with Crippen LogP contribution in [0.3, 0.4) is 0 Å². The molecule has 5 aromatic rings. The maximum atomic E-state index is 4.73. The number of benzene rings is 3. The van der Waals surface area contributed by atoms with E-state index in [1.807, 2.05) is 6.20 Å². The molecule has 2 aromatic heterocycles. The average molecular weight is 396 g/mol. The Kier molecular flexibility index (Phi) is 4.29. The smallest absolute Gasteiger partial charge is 0.145 e. The molecule has 0 spiro atoms. The summed E-state index contributed by atoms with van der Waals surface area (Å²) in [4.78, 5) is 9.37. The topological polar surface area (TPSA) is 30.7 Å². The Balaban J connectivity index is 1.68. The van der Waals surface area contributed by atoms with E-state index in [2.05, 4.69) is 97.2 Å². The van der Waals surface area contributed by atoms with Gasteiger partial charge in [-0.2, -0.15) is 0 Å². The van der Waals surface area contributed by atoms with Crippen molar-refractivity contribution in [2.24, 2.45) is 0 Å². The van der Waals surface area contributed by atoms with Gasteiger partial charge in [-0.3, -0.25) is 4.57 Å². The highest BCUT2D eigenvalue weighted by Crippen LogP contribution is 2.35. The van der Waals surface area contributed by atoms with E-state index in [9.17, 15) is 0 Å². The van der Waals surface area contributed by atoms with E-state index in [0.717, 1.165) is 21.9 Å². The third-order valence-electron chi connectivity index (χ3n) is 5.24. The fourth-order valence-corrected chi connectivity index (χ4v) is 4.98. The van der Waals surface area contributed by atoms with Gasteiger partial charge in [0.1, 0.15) is 5.82 Å². The molecule has 2 heterocycles. The average Bonchev–Trinajstić information content (AvgIpc) is 3.33. The van der Waals surface area contributed by atoms with Gasteiger partial charge in [-0.25, -0.2) is 9.97 Å². The molecule has 3 aromatic carbocycles. The quantitative estimate of drug-likeness (QED) is 0.339. The number of aryl methyl sites for hydroxylation is 3. The first-order valence-corrected chi connectivity index (χ1v) is 10.5. The lowest BCUT2D eigenvalue weighted by atomic mass is 9.98. The Morgan fingerprint density at radius 1 is 0.828 bits per heavy atom. The SMILES string of the molecule is Cc1nc2cccc(-c3nccn3-c3c(C)cc(-c4ccccc4)cc3C)c2s1. The molecule has 5 rings (SSSR count). The van der Waals surface area contributed by atoms with Crippen LogP contribution in [0.15, 0.2) is 73.1 Å². The number of nitrogens with zero attached hydrogens (tertiary/aromatic N) is 3. The number of hydrogen-bond acceptors (Lipinski definition) is 3. The number of imidazole rings is 1. The van der Waals surface area contributed by atoms with Gasteiger partial charge in [0.25, 0.3) is 0 Å². The lowest BCUT2D eigenvalue weighted by molar-refractivity contribution is 1.03. The number of rotatable bonds is 3. The summed E-state index contributed by atoms with van der Waals surface area (Å²) in [6.45, 7) is 6.41. The molecule has 0 bridgehead atoms. The molecule has 0 amide bonds. The van der Waals surface area contributed by atoms with Crippen molar-refractivity contribution in [1.82, 2.24) is 14.5 Å². The van der Waals surface area contributed by atoms with Gasteiger partial charge < -0.3 is 0 Å². The van der Waals surface area contributed by atoms with Crippen LogP contribution >= 0.6 is 11.3 Å². The Morgan fingerprint density at radius 3 is 2.34 bits per heavy atom. The second-order valence-corrected chi connectivity index (χ2v) is 8.54. The van der Waals surface area contributed by atoms with Crippen molar-refractivity contribution in [3.05, 3.63) is 89.2 Å². The van der Waals surface area contributed by atoms with Crippen molar-refractivity contribution in [2.75, 3.05) is 0 Å². The minimum Gasteiger partial charge on any atom is -0.299 e. The first-order valence-electron chi connectivity index (χ1n) is 9.69. The molecule has 29 heavy (non-hydrogen) atoms. The minimum absolute atomic E-state index is 0.956. The van der Waals surface area contributed by atoms with Crippen molar-refractivity contribution < 1.29 is 0 Å². The predicted octanol–water partition coefficient (Wildman–Crippen LogP) is 6.74. The normalized spacial score (nSPS) is 11.3. The zero-order valence-corrected chi connectivity index (χ0v) is 17.5. The number of fused-ring (bicyclic) bond motifs is 1. The highest BCUT2D eigenvalue weighted by atomic mass is 32.1. The standard InChI is InChI=1S/C25H21N3S/c1-16-14-20(19-8-5-4-6-9-19)15-17(2)23(16)28-13-12-26-25(28)21-10-7-11-22-24(21)29-18(3)27-22/h4-15H,1-3H3. The van der Waals surface area contributed by atoms with Crippen LogP contribution in [-0.2, 0) is 0 Å². The summed E-state index contributed by atoms with van der Waals surface area (Å²) in [7, 11) is 0. The van der Waals surface area contributed by atoms with Crippen LogP contribution in [0.25, 0.3) is 38.4 Å². The Labute approximate surface area is 174 Å². The molecule has 0 aliphatic rings. The maximum absolute atomic E-state index is 4.73. The molecule has 0 fully saturated rings. The van der Waals surface area contributed by atoms with Crippen molar-refractivity contribution >= 4 is 21.6 Å². The number of thiazole rings is 1. The fourth-order valence-electron chi connectivity index (χ4n) is 4.05. The molecule has 0 saturated heterocycles. The van der Waals surface area contributed by atoms with E-state index in [-0.39, 0.29) is 0 Å². The largest absolute Gasteiger partial charge is 0.299 e. The molecule has 0 aliphatic heterocycles. The monoisotopic (exact) mass is 395 g/mol. The van der Waals surface area contributed by atoms with Crippen LogP contribution < -0.4 is 0 Å². The van der Waals surface area contributed by atoms with Crippen molar-refractivity contribution in [3.8, 4) is 28.2 Å². The molecule has 0 aliphatic carbocycles. The zero-order chi connectivity index (χ0) is 20.0. The van der Waals surface area contributed by atoms with Crippen LogP contribution in [0.5, 0.6) is 0 Å². The first-order chi connectivity index (χ1) is 14.1. The molecule has 0 radical (unpaired) electrons. The molecule has 0 N–H and O–H groups in total.